The molecule has 2 aliphatic rings. The number of benzene rings is 3. The van der Waals surface area contributed by atoms with Crippen LogP contribution in [-0.4, -0.2) is 269 Å². The normalized spacial score (nSPS) is 20.9. The van der Waals surface area contributed by atoms with Gasteiger partial charge < -0.3 is 134 Å². The fourth-order valence-electron chi connectivity index (χ4n) is 12.7. The van der Waals surface area contributed by atoms with Gasteiger partial charge in [-0.25, -0.2) is 4.79 Å². The van der Waals surface area contributed by atoms with Crippen LogP contribution in [0.2, 0.25) is 0 Å². The van der Waals surface area contributed by atoms with Crippen molar-refractivity contribution in [1.82, 2.24) is 95.7 Å². The fourth-order valence-corrected chi connectivity index (χ4v) is 15.1. The number of nitrogens with two attached hydrogens (primary N) is 4. The van der Waals surface area contributed by atoms with E-state index in [2.05, 4.69) is 95.7 Å². The number of carboxylic acid groups (broad SMARTS) is 1. The zero-order valence-corrected chi connectivity index (χ0v) is 73.3. The molecular formula is C81H117N23O23S2. The van der Waals surface area contributed by atoms with Crippen molar-refractivity contribution in [3.63, 3.8) is 0 Å². The Kier molecular flexibility index (Phi) is 45.5. The second-order valence-corrected chi connectivity index (χ2v) is 33.5. The predicted octanol–water partition coefficient (Wildman–Crippen LogP) is -7.58. The molecule has 2 saturated heterocycles. The van der Waals surface area contributed by atoms with Crippen molar-refractivity contribution in [3.05, 3.63) is 95.6 Å². The van der Waals surface area contributed by atoms with Crippen LogP contribution >= 0.6 is 21.6 Å². The maximum Gasteiger partial charge on any atom is 0.327 e. The van der Waals surface area contributed by atoms with Gasteiger partial charge in [-0.2, -0.15) is 0 Å². The van der Waals surface area contributed by atoms with E-state index in [-0.39, 0.29) is 92.3 Å². The first-order valence-corrected chi connectivity index (χ1v) is 44.1. The summed E-state index contributed by atoms with van der Waals surface area (Å²) in [4.78, 5) is 278. The molecule has 0 spiro atoms. The summed E-state index contributed by atoms with van der Waals surface area (Å²) in [7, 11) is 1.70. The molecule has 129 heavy (non-hydrogen) atoms. The number of rotatable bonds is 34. The lowest BCUT2D eigenvalue weighted by molar-refractivity contribution is -0.141. The van der Waals surface area contributed by atoms with Gasteiger partial charge >= 0.3 is 5.97 Å². The average molecular weight is 1850 g/mol. The molecule has 0 bridgehead atoms. The van der Waals surface area contributed by atoms with Crippen LogP contribution in [-0.2, 0) is 115 Å². The van der Waals surface area contributed by atoms with Gasteiger partial charge in [0.25, 0.3) is 0 Å². The molecule has 13 atom stereocenters. The van der Waals surface area contributed by atoms with Gasteiger partial charge in [-0.1, -0.05) is 110 Å². The van der Waals surface area contributed by atoms with Gasteiger partial charge in [0, 0.05) is 50.2 Å². The molecular weight excluding hydrogens is 1730 g/mol. The van der Waals surface area contributed by atoms with E-state index in [1.165, 1.54) is 48.5 Å². The zero-order valence-electron chi connectivity index (χ0n) is 71.7. The van der Waals surface area contributed by atoms with E-state index >= 15 is 9.59 Å². The number of aliphatic carboxylic acids is 1. The summed E-state index contributed by atoms with van der Waals surface area (Å²) in [6.45, 7) is 3.12. The van der Waals surface area contributed by atoms with Gasteiger partial charge in [-0.3, -0.25) is 96.5 Å². The molecule has 3 aromatic rings. The molecule has 706 valence electrons. The molecule has 2 fully saturated rings. The number of amides is 19. The van der Waals surface area contributed by atoms with Crippen LogP contribution in [0, 0.1) is 17.2 Å². The monoisotopic (exact) mass is 1840 g/mol. The molecule has 0 radical (unpaired) electrons. The molecule has 5 rings (SSSR count). The summed E-state index contributed by atoms with van der Waals surface area (Å²) >= 11 is 0. The first-order chi connectivity index (χ1) is 61.2. The summed E-state index contributed by atoms with van der Waals surface area (Å²) in [6, 6.07) is -1.20. The Labute approximate surface area is 750 Å². The van der Waals surface area contributed by atoms with E-state index in [4.69, 9.17) is 28.3 Å². The first-order valence-electron chi connectivity index (χ1n) is 41.6. The van der Waals surface area contributed by atoms with Crippen molar-refractivity contribution >= 4 is 146 Å². The topological polar surface area (TPSA) is 747 Å². The number of unbranched alkanes of at least 4 members (excludes halogenated alkanes) is 1. The standard InChI is InChI=1S/C81H117N23O23S2/c1-5-43(4)68-79(125)101-56(31-44-12-7-6-8-13-44)75(121)103-59(80(126)127)41-129-128-40-58(78(124)98-53(30-42(2)3)77(123)104-68)102-72(118)51(24-26-60(83)107)96-70(116)50(14-9-10-28-82)95-76(122)57(34-61(84)108)100-74(120)55(33-46-18-22-48(106)23-19-46)99-71(117)52-25-27-62(109)88-35-63(110)89-36-64(111)90-37-65(112)91-38-66(113)93-49(15-11-29-87-81(85)86)69(115)92-39-67(114)94-54(73(119)97-52)32-45-16-20-47(105)21-17-45/h6-8,12-13,16-23,42-43,49-59,68,105-106H,5,9-11,14-15,24-41,82H2,1-4H3,(H2,83,107)(H2,84,108)(H,88,109)(H,89,110)(H,90,111)(H,91,112)(H,92,115)(H,93,113)(H,94,114)(H,95,122)(H,96,116)(H,97,119)(H,98,124)(H,99,117)(H,100,120)(H,101,125)(H,102,118)(H,103,121)(H,104,123)(H,126,127)(H4,85,86,87)/t43-,49-,50-,51-,52-,53-,54-,55-,56-,57-,58-,59-,68-/m0/s1. The summed E-state index contributed by atoms with van der Waals surface area (Å²) < 4.78 is 0. The Hall–Kier alpha value is -13.4. The van der Waals surface area contributed by atoms with Crippen LogP contribution in [0.5, 0.6) is 11.5 Å². The maximum absolute atomic E-state index is 15.1. The molecule has 0 aliphatic carbocycles. The van der Waals surface area contributed by atoms with Gasteiger partial charge in [0.15, 0.2) is 5.96 Å². The van der Waals surface area contributed by atoms with E-state index in [1.807, 2.05) is 0 Å². The van der Waals surface area contributed by atoms with E-state index in [9.17, 15) is 102 Å². The highest BCUT2D eigenvalue weighted by atomic mass is 33.1. The summed E-state index contributed by atoms with van der Waals surface area (Å²) in [5, 5.41) is 82.4. The highest BCUT2D eigenvalue weighted by Gasteiger charge is 2.40. The zero-order chi connectivity index (χ0) is 95.4. The molecule has 19 amide bonds. The van der Waals surface area contributed by atoms with Gasteiger partial charge in [0.2, 0.25) is 112 Å². The minimum absolute atomic E-state index is 0.0329. The number of carbonyl (C=O) groups excluding carboxylic acids is 19. The molecule has 48 heteroatoms. The van der Waals surface area contributed by atoms with Gasteiger partial charge in [0.1, 0.15) is 84.0 Å². The lowest BCUT2D eigenvalue weighted by Gasteiger charge is -2.30. The number of aromatic hydroxyl groups is 2. The van der Waals surface area contributed by atoms with Crippen molar-refractivity contribution < 1.29 is 111 Å². The number of hydrogen-bond acceptors (Lipinski definition) is 26. The van der Waals surface area contributed by atoms with Crippen LogP contribution in [0.3, 0.4) is 0 Å². The average Bonchev–Trinajstić information content (AvgIpc) is 1.12. The molecule has 0 unspecified atom stereocenters. The molecule has 0 aromatic heterocycles. The Morgan fingerprint density at radius 1 is 0.488 bits per heavy atom. The van der Waals surface area contributed by atoms with E-state index in [0.717, 1.165) is 21.6 Å². The highest BCUT2D eigenvalue weighted by molar-refractivity contribution is 8.76. The summed E-state index contributed by atoms with van der Waals surface area (Å²) in [5.41, 5.74) is 23.6. The van der Waals surface area contributed by atoms with Crippen LogP contribution in [0.25, 0.3) is 0 Å². The quantitative estimate of drug-likeness (QED) is 0.0114. The first kappa shape index (κ1) is 106. The highest BCUT2D eigenvalue weighted by Crippen LogP contribution is 2.25. The second kappa shape index (κ2) is 55.2. The number of primary amides is 2. The predicted molar refractivity (Wildman–Crippen MR) is 467 cm³/mol. The minimum Gasteiger partial charge on any atom is -0.508 e. The Morgan fingerprint density at radius 3 is 1.54 bits per heavy atom. The largest absolute Gasteiger partial charge is 0.508 e. The number of carboxylic acids is 1. The third kappa shape index (κ3) is 40.0. The second-order valence-electron chi connectivity index (χ2n) is 30.9. The molecule has 2 aliphatic heterocycles. The van der Waals surface area contributed by atoms with Gasteiger partial charge in [-0.15, -0.1) is 0 Å². The van der Waals surface area contributed by atoms with Crippen molar-refractivity contribution in [1.29, 1.82) is 5.41 Å². The van der Waals surface area contributed by atoms with Gasteiger partial charge in [-0.05, 0) is 111 Å². The van der Waals surface area contributed by atoms with E-state index in [0.29, 0.717) is 12.0 Å². The maximum atomic E-state index is 15.1. The lowest BCUT2D eigenvalue weighted by Crippen LogP contribution is -2.62. The fraction of sp³-hybridized carbons (Fsp3) is 0.519. The number of nitrogens with one attached hydrogen (secondary N) is 19. The number of carbonyl (C=O) groups is 20. The third-order valence-corrected chi connectivity index (χ3v) is 22.4. The summed E-state index contributed by atoms with van der Waals surface area (Å²) in [5.74, 6) is -23.8. The molecule has 30 N–H and O–H groups in total. The Balaban J connectivity index is 1.50. The minimum atomic E-state index is -2.07. The molecule has 2 heterocycles. The Bertz CT molecular complexity index is 4440. The molecule has 0 saturated carbocycles. The smallest absolute Gasteiger partial charge is 0.327 e. The number of guanidine groups is 1. The number of phenolic OH excluding ortho intramolecular Hbond substituents is 2. The number of phenols is 2. The van der Waals surface area contributed by atoms with Crippen LogP contribution in [0.15, 0.2) is 78.9 Å². The molecule has 3 aromatic carbocycles. The summed E-state index contributed by atoms with van der Waals surface area (Å²) in [6.07, 6.45) is -4.56. The molecule has 46 nitrogen and oxygen atoms in total. The lowest BCUT2D eigenvalue weighted by atomic mass is 9.95. The SMILES string of the molecule is CC[C@H](C)[C@@H]1NC(=O)[C@H](CC(C)C)NC(=O)[C@@H](NC(=O)[C@H](CCC(N)=O)NC(=O)[C@H](CCCCN)NC(=O)[C@H](CC(N)=O)NC(=O)[C@H](Cc2ccc(O)cc2)NC(=O)[C@@H]2CCC(=O)NCC(=O)NCC(=O)NCC(=O)NCC(=O)N[C@@H](CCCNC(=N)N)C(=O)NCC(=O)N[C@@H](Cc3ccc(O)cc3)C(=O)N2)CSSC[C@@H](C(=O)O)NC(=O)[C@H](Cc2ccccc2)NC1=O. The van der Waals surface area contributed by atoms with Crippen molar-refractivity contribution in [3.8, 4) is 11.5 Å². The van der Waals surface area contributed by atoms with Crippen molar-refractivity contribution in [2.45, 2.75) is 197 Å². The van der Waals surface area contributed by atoms with Gasteiger partial charge in [0.05, 0.1) is 39.1 Å². The van der Waals surface area contributed by atoms with Crippen LogP contribution in [0.4, 0.5) is 0 Å². The Morgan fingerprint density at radius 2 is 0.984 bits per heavy atom. The van der Waals surface area contributed by atoms with Crippen LogP contribution in [0.1, 0.15) is 121 Å². The van der Waals surface area contributed by atoms with Crippen molar-refractivity contribution in [2.75, 3.05) is 57.3 Å². The third-order valence-electron chi connectivity index (χ3n) is 20.0. The van der Waals surface area contributed by atoms with Crippen molar-refractivity contribution in [2.24, 2.45) is 34.8 Å². The van der Waals surface area contributed by atoms with Crippen LogP contribution < -0.4 is 119 Å². The number of hydrogen-bond donors (Lipinski definition) is 26. The van der Waals surface area contributed by atoms with E-state index in [1.54, 1.807) is 58.0 Å². The van der Waals surface area contributed by atoms with E-state index < -0.39 is 286 Å².